The Morgan fingerprint density at radius 1 is 0.483 bits per heavy atom. The topological polar surface area (TPSA) is 95.9 Å². The van der Waals surface area contributed by atoms with Crippen molar-refractivity contribution in [1.29, 1.82) is 0 Å². The van der Waals surface area contributed by atoms with Gasteiger partial charge in [-0.2, -0.15) is 0 Å². The summed E-state index contributed by atoms with van der Waals surface area (Å²) in [6.45, 7) is 4.78. The van der Waals surface area contributed by atoms with Crippen LogP contribution in [0, 0.1) is 0 Å². The van der Waals surface area contributed by atoms with Crippen LogP contribution < -0.4 is 5.32 Å². The highest BCUT2D eigenvalue weighted by Crippen LogP contribution is 2.14. The number of amides is 1. The van der Waals surface area contributed by atoms with Gasteiger partial charge in [-0.3, -0.25) is 9.59 Å². The minimum absolute atomic E-state index is 0.0277. The summed E-state index contributed by atoms with van der Waals surface area (Å²) < 4.78 is 5.43. The molecule has 0 rings (SSSR count). The van der Waals surface area contributed by atoms with Crippen LogP contribution in [0.5, 0.6) is 0 Å². The zero-order chi connectivity index (χ0) is 42.3. The quantitative estimate of drug-likeness (QED) is 0.0323. The molecule has 6 nitrogen and oxygen atoms in total. The first-order valence-electron chi connectivity index (χ1n) is 24.9. The third kappa shape index (κ3) is 43.4. The van der Waals surface area contributed by atoms with Gasteiger partial charge in [-0.15, -0.1) is 0 Å². The van der Waals surface area contributed by atoms with E-state index in [1.807, 2.05) is 6.08 Å². The Labute approximate surface area is 359 Å². The molecule has 0 radical (unpaired) electrons. The molecule has 0 aliphatic heterocycles. The number of carbonyl (C=O) groups excluding carboxylic acids is 2. The molecule has 0 aliphatic carbocycles. The van der Waals surface area contributed by atoms with Crippen molar-refractivity contribution in [3.05, 3.63) is 48.6 Å². The van der Waals surface area contributed by atoms with Crippen molar-refractivity contribution in [3.63, 3.8) is 0 Å². The summed E-state index contributed by atoms with van der Waals surface area (Å²) in [5, 5.41) is 23.0. The van der Waals surface area contributed by atoms with E-state index in [4.69, 9.17) is 4.74 Å². The van der Waals surface area contributed by atoms with E-state index in [2.05, 4.69) is 55.6 Å². The van der Waals surface area contributed by atoms with Crippen LogP contribution >= 0.6 is 0 Å². The van der Waals surface area contributed by atoms with Crippen molar-refractivity contribution >= 4 is 11.9 Å². The van der Waals surface area contributed by atoms with Crippen LogP contribution in [0.25, 0.3) is 0 Å². The molecule has 0 saturated carbocycles. The van der Waals surface area contributed by atoms with Gasteiger partial charge in [0, 0.05) is 12.8 Å². The highest BCUT2D eigenvalue weighted by molar-refractivity contribution is 5.76. The minimum Gasteiger partial charge on any atom is -0.466 e. The zero-order valence-corrected chi connectivity index (χ0v) is 38.3. The Morgan fingerprint density at radius 3 is 1.40 bits per heavy atom. The normalized spacial score (nSPS) is 13.1. The zero-order valence-electron chi connectivity index (χ0n) is 38.3. The van der Waals surface area contributed by atoms with Crippen molar-refractivity contribution in [2.45, 2.75) is 257 Å². The van der Waals surface area contributed by atoms with Crippen LogP contribution in [-0.2, 0) is 14.3 Å². The van der Waals surface area contributed by atoms with E-state index in [1.54, 1.807) is 6.08 Å². The number of hydrogen-bond donors (Lipinski definition) is 3. The number of esters is 1. The van der Waals surface area contributed by atoms with Gasteiger partial charge in [0.25, 0.3) is 0 Å². The fourth-order valence-electron chi connectivity index (χ4n) is 7.19. The van der Waals surface area contributed by atoms with Crippen molar-refractivity contribution in [2.24, 2.45) is 0 Å². The summed E-state index contributed by atoms with van der Waals surface area (Å²) in [6.07, 6.45) is 58.2. The molecule has 0 fully saturated rings. The highest BCUT2D eigenvalue weighted by Gasteiger charge is 2.18. The third-order valence-corrected chi connectivity index (χ3v) is 11.0. The molecule has 3 N–H and O–H groups in total. The molecule has 0 spiro atoms. The molecule has 6 heteroatoms. The molecule has 0 heterocycles. The maximum atomic E-state index is 12.4. The van der Waals surface area contributed by atoms with E-state index >= 15 is 0 Å². The Balaban J connectivity index is 3.53. The molecular weight excluding hydrogens is 719 g/mol. The number of carbonyl (C=O) groups is 2. The van der Waals surface area contributed by atoms with Gasteiger partial charge in [0.05, 0.1) is 25.4 Å². The summed E-state index contributed by atoms with van der Waals surface area (Å²) >= 11 is 0. The first-order chi connectivity index (χ1) is 28.5. The Morgan fingerprint density at radius 2 is 0.897 bits per heavy atom. The molecule has 0 aromatic heterocycles. The second-order valence-corrected chi connectivity index (χ2v) is 16.8. The highest BCUT2D eigenvalue weighted by atomic mass is 16.5. The van der Waals surface area contributed by atoms with Crippen LogP contribution in [0.1, 0.15) is 245 Å². The predicted octanol–water partition coefficient (Wildman–Crippen LogP) is 14.7. The second-order valence-electron chi connectivity index (χ2n) is 16.8. The summed E-state index contributed by atoms with van der Waals surface area (Å²) in [4.78, 5) is 24.4. The van der Waals surface area contributed by atoms with Crippen molar-refractivity contribution < 1.29 is 24.5 Å². The van der Waals surface area contributed by atoms with Gasteiger partial charge in [-0.25, -0.2) is 0 Å². The van der Waals surface area contributed by atoms with Crippen molar-refractivity contribution in [3.8, 4) is 0 Å². The molecule has 58 heavy (non-hydrogen) atoms. The van der Waals surface area contributed by atoms with E-state index in [1.165, 1.54) is 135 Å². The molecule has 338 valence electrons. The lowest BCUT2D eigenvalue weighted by molar-refractivity contribution is -0.143. The molecule has 0 saturated heterocycles. The number of rotatable bonds is 45. The maximum absolute atomic E-state index is 12.4. The summed E-state index contributed by atoms with van der Waals surface area (Å²) in [6, 6.07) is -0.639. The minimum atomic E-state index is -0.854. The average Bonchev–Trinajstić information content (AvgIpc) is 3.22. The van der Waals surface area contributed by atoms with Crippen molar-refractivity contribution in [1.82, 2.24) is 5.32 Å². The van der Waals surface area contributed by atoms with E-state index in [9.17, 15) is 19.8 Å². The van der Waals surface area contributed by atoms with E-state index in [0.29, 0.717) is 19.4 Å². The predicted molar refractivity (Wildman–Crippen MR) is 250 cm³/mol. The van der Waals surface area contributed by atoms with E-state index in [-0.39, 0.29) is 18.5 Å². The maximum Gasteiger partial charge on any atom is 0.305 e. The summed E-state index contributed by atoms with van der Waals surface area (Å²) in [5.74, 6) is -0.114. The first-order valence-corrected chi connectivity index (χ1v) is 24.9. The number of unbranched alkanes of at least 4 members (excludes halogenated alkanes) is 28. The second kappa shape index (κ2) is 47.5. The number of hydrogen-bond acceptors (Lipinski definition) is 5. The smallest absolute Gasteiger partial charge is 0.305 e. The average molecular weight is 814 g/mol. The first kappa shape index (κ1) is 55.8. The van der Waals surface area contributed by atoms with E-state index in [0.717, 1.165) is 83.5 Å². The van der Waals surface area contributed by atoms with Crippen molar-refractivity contribution in [2.75, 3.05) is 13.2 Å². The standard InChI is InChI=1S/C52H95NO5/c1-3-5-7-9-11-13-15-20-24-28-32-36-40-44-50(55)49(48-54)53-51(56)45-41-37-33-29-25-22-18-17-19-23-27-31-35-39-43-47-58-52(57)46-42-38-34-30-26-21-16-14-12-10-8-6-4-2/h8,10,14,16,19,23,40,44,49-50,54-55H,3-7,9,11-13,15,17-18,20-22,24-39,41-43,45-48H2,1-2H3,(H,53,56)/b10-8-,16-14-,23-19-,44-40+. The number of aliphatic hydroxyl groups excluding tert-OH is 2. The number of allylic oxidation sites excluding steroid dienone is 7. The van der Waals surface area contributed by atoms with Crippen LogP contribution in [0.15, 0.2) is 48.6 Å². The summed E-state index contributed by atoms with van der Waals surface area (Å²) in [7, 11) is 0. The Bertz CT molecular complexity index is 988. The fourth-order valence-corrected chi connectivity index (χ4v) is 7.19. The molecule has 0 aromatic carbocycles. The third-order valence-electron chi connectivity index (χ3n) is 11.0. The SMILES string of the molecule is CCC/C=C\C/C=C\CCCCCCCC(=O)OCCCCCC/C=C\CCCCCCCCCC(=O)NC(CO)C(O)/C=C/CCCCCCCCCCCCC. The fraction of sp³-hybridized carbons (Fsp3) is 0.808. The van der Waals surface area contributed by atoms with Gasteiger partial charge < -0.3 is 20.3 Å². The van der Waals surface area contributed by atoms with Crippen LogP contribution in [-0.4, -0.2) is 47.4 Å². The van der Waals surface area contributed by atoms with Crippen LogP contribution in [0.4, 0.5) is 0 Å². The number of aliphatic hydroxyl groups is 2. The van der Waals surface area contributed by atoms with Gasteiger partial charge in [-0.1, -0.05) is 197 Å². The lowest BCUT2D eigenvalue weighted by Gasteiger charge is -2.20. The van der Waals surface area contributed by atoms with E-state index < -0.39 is 12.1 Å². The largest absolute Gasteiger partial charge is 0.466 e. The van der Waals surface area contributed by atoms with Gasteiger partial charge in [-0.05, 0) is 83.5 Å². The summed E-state index contributed by atoms with van der Waals surface area (Å²) in [5.41, 5.74) is 0. The van der Waals surface area contributed by atoms with Crippen LogP contribution in [0.2, 0.25) is 0 Å². The molecule has 2 atom stereocenters. The lowest BCUT2D eigenvalue weighted by atomic mass is 10.0. The molecular formula is C52H95NO5. The molecule has 0 aromatic rings. The van der Waals surface area contributed by atoms with Gasteiger partial charge in [0.15, 0.2) is 0 Å². The van der Waals surface area contributed by atoms with Gasteiger partial charge in [0.1, 0.15) is 0 Å². The van der Waals surface area contributed by atoms with Crippen LogP contribution in [0.3, 0.4) is 0 Å². The Hall–Kier alpha value is -2.18. The van der Waals surface area contributed by atoms with Gasteiger partial charge >= 0.3 is 5.97 Å². The van der Waals surface area contributed by atoms with Gasteiger partial charge in [0.2, 0.25) is 5.91 Å². The number of ether oxygens (including phenoxy) is 1. The molecule has 2 unspecified atom stereocenters. The molecule has 0 bridgehead atoms. The number of nitrogens with one attached hydrogen (secondary N) is 1. The lowest BCUT2D eigenvalue weighted by Crippen LogP contribution is -2.45. The Kier molecular flexibility index (Phi) is 45.7. The monoisotopic (exact) mass is 814 g/mol. The molecule has 1 amide bonds. The molecule has 0 aliphatic rings.